The zero-order valence-electron chi connectivity index (χ0n) is 11.0. The highest BCUT2D eigenvalue weighted by molar-refractivity contribution is 9.09. The Morgan fingerprint density at radius 3 is 1.82 bits per heavy atom. The van der Waals surface area contributed by atoms with Crippen molar-refractivity contribution in [3.63, 3.8) is 0 Å². The van der Waals surface area contributed by atoms with Crippen LogP contribution < -0.4 is 0 Å². The van der Waals surface area contributed by atoms with Crippen LogP contribution in [-0.4, -0.2) is 18.5 Å². The third-order valence-corrected chi connectivity index (χ3v) is 5.53. The molecule has 0 amide bonds. The molecule has 0 bridgehead atoms. The third-order valence-electron chi connectivity index (χ3n) is 4.62. The molecule has 0 N–H and O–H groups in total. The van der Waals surface area contributed by atoms with Gasteiger partial charge in [0, 0.05) is 18.5 Å². The van der Waals surface area contributed by atoms with Gasteiger partial charge < -0.3 is 4.74 Å². The van der Waals surface area contributed by atoms with Gasteiger partial charge in [0.15, 0.2) is 0 Å². The van der Waals surface area contributed by atoms with Crippen molar-refractivity contribution in [3.05, 3.63) is 0 Å². The molecule has 2 saturated carbocycles. The Morgan fingerprint density at radius 2 is 1.24 bits per heavy atom. The minimum Gasteiger partial charge on any atom is -0.381 e. The Labute approximate surface area is 115 Å². The second kappa shape index (κ2) is 7.78. The molecule has 100 valence electrons. The van der Waals surface area contributed by atoms with Gasteiger partial charge in [-0.3, -0.25) is 0 Å². The van der Waals surface area contributed by atoms with Crippen molar-refractivity contribution in [1.29, 1.82) is 0 Å². The predicted octanol–water partition coefficient (Wildman–Crippen LogP) is 4.78. The summed E-state index contributed by atoms with van der Waals surface area (Å²) in [6, 6.07) is 0. The van der Waals surface area contributed by atoms with E-state index in [9.17, 15) is 0 Å². The van der Waals surface area contributed by atoms with Gasteiger partial charge in [0.1, 0.15) is 0 Å². The number of rotatable bonds is 5. The van der Waals surface area contributed by atoms with Crippen molar-refractivity contribution in [2.75, 3.05) is 18.5 Å². The number of hydrogen-bond donors (Lipinski definition) is 0. The SMILES string of the molecule is BrCC1CCC(COCC2CCCCC2)CC1. The topological polar surface area (TPSA) is 9.23 Å². The van der Waals surface area contributed by atoms with Crippen LogP contribution in [0.15, 0.2) is 0 Å². The van der Waals surface area contributed by atoms with E-state index in [1.165, 1.54) is 63.1 Å². The Kier molecular flexibility index (Phi) is 6.35. The first kappa shape index (κ1) is 13.9. The van der Waals surface area contributed by atoms with Crippen molar-refractivity contribution in [1.82, 2.24) is 0 Å². The van der Waals surface area contributed by atoms with Gasteiger partial charge in [-0.1, -0.05) is 35.2 Å². The van der Waals surface area contributed by atoms with Gasteiger partial charge in [0.05, 0.1) is 0 Å². The van der Waals surface area contributed by atoms with E-state index in [0.717, 1.165) is 31.0 Å². The Morgan fingerprint density at radius 1 is 0.706 bits per heavy atom. The molecule has 0 radical (unpaired) electrons. The molecule has 0 saturated heterocycles. The summed E-state index contributed by atoms with van der Waals surface area (Å²) in [4.78, 5) is 0. The molecule has 0 heterocycles. The summed E-state index contributed by atoms with van der Waals surface area (Å²) in [5.74, 6) is 2.67. The quantitative estimate of drug-likeness (QED) is 0.664. The van der Waals surface area contributed by atoms with E-state index < -0.39 is 0 Å². The van der Waals surface area contributed by atoms with Crippen molar-refractivity contribution in [3.8, 4) is 0 Å². The van der Waals surface area contributed by atoms with Crippen molar-refractivity contribution in [2.24, 2.45) is 17.8 Å². The zero-order valence-corrected chi connectivity index (χ0v) is 12.6. The first-order valence-electron chi connectivity index (χ1n) is 7.52. The monoisotopic (exact) mass is 302 g/mol. The molecule has 0 aromatic rings. The largest absolute Gasteiger partial charge is 0.381 e. The lowest BCUT2D eigenvalue weighted by atomic mass is 9.83. The molecule has 0 atom stereocenters. The second-order valence-corrected chi connectivity index (χ2v) is 6.73. The van der Waals surface area contributed by atoms with Crippen LogP contribution in [0.5, 0.6) is 0 Å². The lowest BCUT2D eigenvalue weighted by Crippen LogP contribution is -2.21. The van der Waals surface area contributed by atoms with Crippen molar-refractivity contribution < 1.29 is 4.74 Å². The summed E-state index contributed by atoms with van der Waals surface area (Å²) in [6.45, 7) is 2.07. The first-order valence-corrected chi connectivity index (χ1v) is 8.64. The Bertz CT molecular complexity index is 193. The minimum atomic E-state index is 0.855. The summed E-state index contributed by atoms with van der Waals surface area (Å²) in [6.07, 6.45) is 12.7. The molecule has 0 aromatic carbocycles. The Hall–Kier alpha value is 0.440. The molecule has 2 fully saturated rings. The molecule has 0 aliphatic heterocycles. The fourth-order valence-electron chi connectivity index (χ4n) is 3.31. The fraction of sp³-hybridized carbons (Fsp3) is 1.00. The molecule has 0 unspecified atom stereocenters. The maximum absolute atomic E-state index is 5.97. The maximum atomic E-state index is 5.97. The molecule has 2 heteroatoms. The molecule has 1 nitrogen and oxygen atoms in total. The summed E-state index contributed by atoms with van der Waals surface area (Å²) >= 11 is 3.60. The average Bonchev–Trinajstić information content (AvgIpc) is 2.41. The summed E-state index contributed by atoms with van der Waals surface area (Å²) in [7, 11) is 0. The molecular weight excluding hydrogens is 276 g/mol. The first-order chi connectivity index (χ1) is 8.38. The normalized spacial score (nSPS) is 31.6. The van der Waals surface area contributed by atoms with E-state index >= 15 is 0 Å². The van der Waals surface area contributed by atoms with Gasteiger partial charge in [-0.25, -0.2) is 0 Å². The van der Waals surface area contributed by atoms with Crippen molar-refractivity contribution in [2.45, 2.75) is 57.8 Å². The molecule has 17 heavy (non-hydrogen) atoms. The standard InChI is InChI=1S/C15H27BrO/c16-10-13-6-8-15(9-7-13)12-17-11-14-4-2-1-3-5-14/h13-15H,1-12H2. The lowest BCUT2D eigenvalue weighted by molar-refractivity contribution is 0.0472. The number of hydrogen-bond acceptors (Lipinski definition) is 1. The van der Waals surface area contributed by atoms with Crippen LogP contribution in [0, 0.1) is 17.8 Å². The number of alkyl halides is 1. The van der Waals surface area contributed by atoms with Crippen LogP contribution in [0.1, 0.15) is 57.8 Å². The second-order valence-electron chi connectivity index (χ2n) is 6.08. The van der Waals surface area contributed by atoms with Gasteiger partial charge in [-0.15, -0.1) is 0 Å². The van der Waals surface area contributed by atoms with Crippen LogP contribution in [0.2, 0.25) is 0 Å². The maximum Gasteiger partial charge on any atom is 0.0494 e. The smallest absolute Gasteiger partial charge is 0.0494 e. The number of halogens is 1. The van der Waals surface area contributed by atoms with E-state index in [-0.39, 0.29) is 0 Å². The average molecular weight is 303 g/mol. The van der Waals surface area contributed by atoms with Gasteiger partial charge in [-0.2, -0.15) is 0 Å². The van der Waals surface area contributed by atoms with E-state index in [0.29, 0.717) is 0 Å². The highest BCUT2D eigenvalue weighted by atomic mass is 79.9. The highest BCUT2D eigenvalue weighted by Crippen LogP contribution is 2.30. The third kappa shape index (κ3) is 4.90. The number of ether oxygens (including phenoxy) is 1. The fourth-order valence-corrected chi connectivity index (χ4v) is 3.96. The van der Waals surface area contributed by atoms with Crippen molar-refractivity contribution >= 4 is 15.9 Å². The van der Waals surface area contributed by atoms with Crippen LogP contribution in [0.25, 0.3) is 0 Å². The molecule has 2 aliphatic rings. The van der Waals surface area contributed by atoms with Crippen LogP contribution in [0.3, 0.4) is 0 Å². The predicted molar refractivity (Wildman–Crippen MR) is 76.6 cm³/mol. The van der Waals surface area contributed by atoms with Gasteiger partial charge in [0.25, 0.3) is 0 Å². The molecule has 0 spiro atoms. The lowest BCUT2D eigenvalue weighted by Gasteiger charge is -2.28. The molecular formula is C15H27BrO. The zero-order chi connectivity index (χ0) is 11.9. The van der Waals surface area contributed by atoms with E-state index in [1.807, 2.05) is 0 Å². The van der Waals surface area contributed by atoms with E-state index in [4.69, 9.17) is 4.74 Å². The summed E-state index contributed by atoms with van der Waals surface area (Å²) in [5.41, 5.74) is 0. The van der Waals surface area contributed by atoms with E-state index in [2.05, 4.69) is 15.9 Å². The Balaban J connectivity index is 1.53. The van der Waals surface area contributed by atoms with E-state index in [1.54, 1.807) is 0 Å². The van der Waals surface area contributed by atoms with Gasteiger partial charge >= 0.3 is 0 Å². The molecule has 0 aromatic heterocycles. The highest BCUT2D eigenvalue weighted by Gasteiger charge is 2.21. The minimum absolute atomic E-state index is 0.855. The summed E-state index contributed by atoms with van der Waals surface area (Å²) in [5, 5.41) is 1.20. The van der Waals surface area contributed by atoms with Crippen LogP contribution in [0.4, 0.5) is 0 Å². The molecule has 2 aliphatic carbocycles. The van der Waals surface area contributed by atoms with Gasteiger partial charge in [0.2, 0.25) is 0 Å². The van der Waals surface area contributed by atoms with Crippen LogP contribution in [-0.2, 0) is 4.74 Å². The van der Waals surface area contributed by atoms with Gasteiger partial charge in [-0.05, 0) is 56.3 Å². The summed E-state index contributed by atoms with van der Waals surface area (Å²) < 4.78 is 5.97. The molecule has 2 rings (SSSR count). The van der Waals surface area contributed by atoms with Crippen LogP contribution >= 0.6 is 15.9 Å².